The molecule has 2 aromatic heterocycles. The van der Waals surface area contributed by atoms with Crippen molar-refractivity contribution in [2.75, 3.05) is 5.33 Å². The van der Waals surface area contributed by atoms with Gasteiger partial charge in [0.2, 0.25) is 0 Å². The summed E-state index contributed by atoms with van der Waals surface area (Å²) >= 11 is 3.36. The van der Waals surface area contributed by atoms with Crippen molar-refractivity contribution in [3.63, 3.8) is 0 Å². The van der Waals surface area contributed by atoms with E-state index in [9.17, 15) is 9.59 Å². The van der Waals surface area contributed by atoms with Gasteiger partial charge in [-0.3, -0.25) is 14.3 Å². The maximum atomic E-state index is 11.7. The Hall–Kier alpha value is -1.37. The van der Waals surface area contributed by atoms with E-state index >= 15 is 0 Å². The van der Waals surface area contributed by atoms with E-state index in [1.54, 1.807) is 17.9 Å². The highest BCUT2D eigenvalue weighted by atomic mass is 79.9. The van der Waals surface area contributed by atoms with Crippen LogP contribution in [-0.4, -0.2) is 24.4 Å². The smallest absolute Gasteiger partial charge is 0.325 e. The molecule has 1 N–H and O–H groups in total. The number of rotatable bonds is 4. The van der Waals surface area contributed by atoms with Crippen LogP contribution in [0.2, 0.25) is 0 Å². The van der Waals surface area contributed by atoms with E-state index in [4.69, 9.17) is 0 Å². The molecule has 0 saturated carbocycles. The fourth-order valence-corrected chi connectivity index (χ4v) is 2.13. The number of aromatic nitrogens is 4. The SMILES string of the molecule is Cn1c(=O)[nH]c(=O)c2c1ncn2CCCCBr. The summed E-state index contributed by atoms with van der Waals surface area (Å²) in [4.78, 5) is 29.5. The Morgan fingerprint density at radius 3 is 2.88 bits per heavy atom. The zero-order chi connectivity index (χ0) is 12.4. The van der Waals surface area contributed by atoms with Gasteiger partial charge in [0.25, 0.3) is 5.56 Å². The first-order valence-electron chi connectivity index (χ1n) is 5.35. The van der Waals surface area contributed by atoms with Crippen LogP contribution in [0.15, 0.2) is 15.9 Å². The van der Waals surface area contributed by atoms with Gasteiger partial charge in [-0.15, -0.1) is 0 Å². The third-order valence-electron chi connectivity index (χ3n) is 2.66. The number of hydrogen-bond acceptors (Lipinski definition) is 3. The normalized spacial score (nSPS) is 11.2. The average Bonchev–Trinajstić information content (AvgIpc) is 2.71. The van der Waals surface area contributed by atoms with E-state index in [0.717, 1.165) is 24.7 Å². The molecule has 0 aromatic carbocycles. The fraction of sp³-hybridized carbons (Fsp3) is 0.500. The van der Waals surface area contributed by atoms with Crippen molar-refractivity contribution >= 4 is 27.1 Å². The van der Waals surface area contributed by atoms with E-state index in [1.165, 1.54) is 4.57 Å². The second kappa shape index (κ2) is 4.87. The molecular formula is C10H13BrN4O2. The van der Waals surface area contributed by atoms with Crippen molar-refractivity contribution < 1.29 is 0 Å². The van der Waals surface area contributed by atoms with Gasteiger partial charge >= 0.3 is 5.69 Å². The zero-order valence-corrected chi connectivity index (χ0v) is 11.0. The predicted molar refractivity (Wildman–Crippen MR) is 68.6 cm³/mol. The van der Waals surface area contributed by atoms with Crippen molar-refractivity contribution in [3.05, 3.63) is 27.2 Å². The third-order valence-corrected chi connectivity index (χ3v) is 3.22. The Bertz CT molecular complexity index is 640. The van der Waals surface area contributed by atoms with Crippen molar-refractivity contribution in [2.45, 2.75) is 19.4 Å². The number of H-pyrrole nitrogens is 1. The van der Waals surface area contributed by atoms with Gasteiger partial charge in [0.15, 0.2) is 11.2 Å². The molecule has 0 fully saturated rings. The number of aromatic amines is 1. The highest BCUT2D eigenvalue weighted by Crippen LogP contribution is 2.06. The van der Waals surface area contributed by atoms with E-state index in [1.807, 2.05) is 0 Å². The number of fused-ring (bicyclic) bond motifs is 1. The minimum absolute atomic E-state index is 0.376. The summed E-state index contributed by atoms with van der Waals surface area (Å²) in [6.45, 7) is 0.726. The van der Waals surface area contributed by atoms with E-state index in [-0.39, 0.29) is 5.56 Å². The molecule has 0 aliphatic heterocycles. The topological polar surface area (TPSA) is 72.7 Å². The summed E-state index contributed by atoms with van der Waals surface area (Å²) in [7, 11) is 1.59. The van der Waals surface area contributed by atoms with E-state index < -0.39 is 5.69 Å². The standard InChI is InChI=1S/C10H13BrN4O2/c1-14-8-7(9(16)13-10(14)17)15(6-12-8)5-3-2-4-11/h6H,2-5H2,1H3,(H,13,16,17). The van der Waals surface area contributed by atoms with Crippen molar-refractivity contribution in [2.24, 2.45) is 7.05 Å². The Morgan fingerprint density at radius 2 is 2.18 bits per heavy atom. The molecule has 2 aromatic rings. The number of hydrogen-bond donors (Lipinski definition) is 1. The molecular weight excluding hydrogens is 288 g/mol. The number of imidazole rings is 1. The van der Waals surface area contributed by atoms with Crippen LogP contribution in [0.25, 0.3) is 11.2 Å². The molecule has 0 aliphatic rings. The first kappa shape index (κ1) is 12.1. The monoisotopic (exact) mass is 300 g/mol. The molecule has 2 heterocycles. The second-order valence-corrected chi connectivity index (χ2v) is 4.62. The number of nitrogens with zero attached hydrogens (tertiary/aromatic N) is 3. The first-order chi connectivity index (χ1) is 8.15. The Morgan fingerprint density at radius 1 is 1.41 bits per heavy atom. The molecule has 6 nitrogen and oxygen atoms in total. The predicted octanol–water partition coefficient (Wildman–Crippen LogP) is 0.598. The molecule has 0 bridgehead atoms. The summed E-state index contributed by atoms with van der Waals surface area (Å²) in [5, 5.41) is 0.939. The van der Waals surface area contributed by atoms with Crippen LogP contribution in [0, 0.1) is 0 Å². The van der Waals surface area contributed by atoms with E-state index in [0.29, 0.717) is 11.2 Å². The van der Waals surface area contributed by atoms with Gasteiger partial charge in [-0.05, 0) is 12.8 Å². The molecule has 92 valence electrons. The third kappa shape index (κ3) is 2.19. The highest BCUT2D eigenvalue weighted by Gasteiger charge is 2.10. The molecule has 2 rings (SSSR count). The van der Waals surface area contributed by atoms with Crippen LogP contribution in [0.5, 0.6) is 0 Å². The summed E-state index contributed by atoms with van der Waals surface area (Å²) < 4.78 is 3.13. The number of halogens is 1. The molecule has 0 atom stereocenters. The maximum absolute atomic E-state index is 11.7. The van der Waals surface area contributed by atoms with Gasteiger partial charge in [0.05, 0.1) is 6.33 Å². The maximum Gasteiger partial charge on any atom is 0.329 e. The largest absolute Gasteiger partial charge is 0.329 e. The molecule has 0 radical (unpaired) electrons. The minimum atomic E-state index is -0.437. The van der Waals surface area contributed by atoms with Crippen LogP contribution in [0.1, 0.15) is 12.8 Å². The minimum Gasteiger partial charge on any atom is -0.325 e. The van der Waals surface area contributed by atoms with Crippen molar-refractivity contribution in [1.82, 2.24) is 19.1 Å². The van der Waals surface area contributed by atoms with E-state index in [2.05, 4.69) is 25.9 Å². The number of nitrogens with one attached hydrogen (secondary N) is 1. The highest BCUT2D eigenvalue weighted by molar-refractivity contribution is 9.09. The molecule has 7 heteroatoms. The van der Waals surface area contributed by atoms with Gasteiger partial charge in [0.1, 0.15) is 0 Å². The Labute approximate surface area is 105 Å². The second-order valence-electron chi connectivity index (χ2n) is 3.82. The molecule has 17 heavy (non-hydrogen) atoms. The van der Waals surface area contributed by atoms with Gasteiger partial charge in [-0.1, -0.05) is 15.9 Å². The first-order valence-corrected chi connectivity index (χ1v) is 6.47. The van der Waals surface area contributed by atoms with Crippen LogP contribution in [0.4, 0.5) is 0 Å². The average molecular weight is 301 g/mol. The lowest BCUT2D eigenvalue weighted by atomic mass is 10.3. The lowest BCUT2D eigenvalue weighted by Gasteiger charge is -2.03. The number of alkyl halides is 1. The van der Waals surface area contributed by atoms with Crippen LogP contribution in [0.3, 0.4) is 0 Å². The molecule has 0 spiro atoms. The molecule has 0 saturated heterocycles. The zero-order valence-electron chi connectivity index (χ0n) is 9.44. The summed E-state index contributed by atoms with van der Waals surface area (Å²) in [5.41, 5.74) is 0.0758. The van der Waals surface area contributed by atoms with Gasteiger partial charge < -0.3 is 4.57 Å². The molecule has 0 amide bonds. The fourth-order valence-electron chi connectivity index (χ4n) is 1.73. The Kier molecular flexibility index (Phi) is 3.46. The summed E-state index contributed by atoms with van der Waals surface area (Å²) in [6.07, 6.45) is 3.59. The van der Waals surface area contributed by atoms with Gasteiger partial charge in [-0.25, -0.2) is 9.78 Å². The Balaban J connectivity index is 2.50. The summed E-state index contributed by atoms with van der Waals surface area (Å²) in [6, 6.07) is 0. The van der Waals surface area contributed by atoms with Gasteiger partial charge in [0, 0.05) is 18.9 Å². The van der Waals surface area contributed by atoms with Gasteiger partial charge in [-0.2, -0.15) is 0 Å². The molecule has 0 aliphatic carbocycles. The number of unbranched alkanes of at least 4 members (excludes halogenated alkanes) is 1. The van der Waals surface area contributed by atoms with Crippen LogP contribution < -0.4 is 11.2 Å². The van der Waals surface area contributed by atoms with Crippen LogP contribution >= 0.6 is 15.9 Å². The van der Waals surface area contributed by atoms with Crippen molar-refractivity contribution in [1.29, 1.82) is 0 Å². The van der Waals surface area contributed by atoms with Crippen molar-refractivity contribution in [3.8, 4) is 0 Å². The lowest BCUT2D eigenvalue weighted by molar-refractivity contribution is 0.648. The van der Waals surface area contributed by atoms with Crippen LogP contribution in [-0.2, 0) is 13.6 Å². The molecule has 0 unspecified atom stereocenters. The lowest BCUT2D eigenvalue weighted by Crippen LogP contribution is -2.29. The number of aryl methyl sites for hydroxylation is 2. The summed E-state index contributed by atoms with van der Waals surface area (Å²) in [5.74, 6) is 0. The quantitative estimate of drug-likeness (QED) is 0.664.